The van der Waals surface area contributed by atoms with Crippen LogP contribution in [0, 0.1) is 11.8 Å². The maximum atomic E-state index is 13.0. The average Bonchev–Trinajstić information content (AvgIpc) is 2.54. The summed E-state index contributed by atoms with van der Waals surface area (Å²) in [4.78, 5) is 19.1. The average molecular weight is 389 g/mol. The Labute approximate surface area is 153 Å². The zero-order valence-electron chi connectivity index (χ0n) is 14.6. The Morgan fingerprint density at radius 1 is 1.21 bits per heavy atom. The summed E-state index contributed by atoms with van der Waals surface area (Å²) < 4.78 is 1.05. The van der Waals surface area contributed by atoms with Crippen molar-refractivity contribution in [1.29, 1.82) is 0 Å². The van der Waals surface area contributed by atoms with E-state index in [-0.39, 0.29) is 11.8 Å². The van der Waals surface area contributed by atoms with E-state index >= 15 is 0 Å². The van der Waals surface area contributed by atoms with Crippen LogP contribution in [0.3, 0.4) is 0 Å². The van der Waals surface area contributed by atoms with Gasteiger partial charge in [0, 0.05) is 23.6 Å². The molecular weight excluding hydrogens is 364 g/mol. The fourth-order valence-corrected chi connectivity index (χ4v) is 3.36. The van der Waals surface area contributed by atoms with E-state index in [0.29, 0.717) is 12.5 Å². The number of benzene rings is 1. The Morgan fingerprint density at radius 2 is 2.00 bits per heavy atom. The van der Waals surface area contributed by atoms with Crippen LogP contribution in [0.2, 0.25) is 0 Å². The van der Waals surface area contributed by atoms with Crippen LogP contribution in [0.1, 0.15) is 31.5 Å². The Balaban J connectivity index is 2.09. The molecule has 1 amide bonds. The smallest absolute Gasteiger partial charge is 0.226 e. The molecule has 2 rings (SSSR count). The van der Waals surface area contributed by atoms with E-state index in [1.807, 2.05) is 37.4 Å². The van der Waals surface area contributed by atoms with Crippen LogP contribution >= 0.6 is 15.9 Å². The van der Waals surface area contributed by atoms with Gasteiger partial charge in [-0.3, -0.25) is 9.78 Å². The summed E-state index contributed by atoms with van der Waals surface area (Å²) in [5.74, 6) is 0.664. The fraction of sp³-hybridized carbons (Fsp3) is 0.400. The number of amides is 1. The number of nitrogens with zero attached hydrogens (tertiary/aromatic N) is 2. The number of hydrogen-bond donors (Lipinski definition) is 0. The van der Waals surface area contributed by atoms with Gasteiger partial charge < -0.3 is 4.90 Å². The lowest BCUT2D eigenvalue weighted by Gasteiger charge is -2.25. The third kappa shape index (κ3) is 5.75. The van der Waals surface area contributed by atoms with Crippen LogP contribution in [-0.4, -0.2) is 22.8 Å². The highest BCUT2D eigenvalue weighted by Gasteiger charge is 2.24. The van der Waals surface area contributed by atoms with Crippen molar-refractivity contribution in [2.24, 2.45) is 11.8 Å². The number of hydrogen-bond acceptors (Lipinski definition) is 2. The maximum absolute atomic E-state index is 13.0. The fourth-order valence-electron chi connectivity index (χ4n) is 2.91. The second-order valence-electron chi connectivity index (χ2n) is 6.68. The van der Waals surface area contributed by atoms with E-state index in [9.17, 15) is 4.79 Å². The monoisotopic (exact) mass is 388 g/mol. The topological polar surface area (TPSA) is 33.2 Å². The molecule has 0 aliphatic rings. The third-order valence-electron chi connectivity index (χ3n) is 3.98. The second kappa shape index (κ2) is 8.97. The third-order valence-corrected chi connectivity index (χ3v) is 4.47. The van der Waals surface area contributed by atoms with E-state index in [0.717, 1.165) is 23.0 Å². The zero-order chi connectivity index (χ0) is 17.5. The Hall–Kier alpha value is -1.68. The lowest BCUT2D eigenvalue weighted by atomic mass is 9.90. The molecule has 0 spiro atoms. The van der Waals surface area contributed by atoms with E-state index in [2.05, 4.69) is 46.9 Å². The summed E-state index contributed by atoms with van der Waals surface area (Å²) in [6.07, 6.45) is 3.42. The van der Waals surface area contributed by atoms with Gasteiger partial charge in [0.2, 0.25) is 5.91 Å². The van der Waals surface area contributed by atoms with Crippen molar-refractivity contribution < 1.29 is 4.79 Å². The van der Waals surface area contributed by atoms with Crippen LogP contribution < -0.4 is 0 Å². The number of rotatable bonds is 7. The van der Waals surface area contributed by atoms with Gasteiger partial charge in [-0.1, -0.05) is 48.0 Å². The van der Waals surface area contributed by atoms with Gasteiger partial charge in [-0.05, 0) is 48.6 Å². The quantitative estimate of drug-likeness (QED) is 0.687. The van der Waals surface area contributed by atoms with Crippen molar-refractivity contribution in [3.05, 3.63) is 64.4 Å². The van der Waals surface area contributed by atoms with Crippen LogP contribution in [0.15, 0.2) is 53.1 Å². The van der Waals surface area contributed by atoms with Gasteiger partial charge in [0.05, 0.1) is 12.2 Å². The van der Waals surface area contributed by atoms with Crippen molar-refractivity contribution in [2.75, 3.05) is 7.05 Å². The lowest BCUT2D eigenvalue weighted by Crippen LogP contribution is -2.34. The summed E-state index contributed by atoms with van der Waals surface area (Å²) in [6, 6.07) is 14.0. The van der Waals surface area contributed by atoms with E-state index in [1.54, 1.807) is 11.1 Å². The molecule has 1 heterocycles. The zero-order valence-corrected chi connectivity index (χ0v) is 16.2. The molecule has 0 unspecified atom stereocenters. The number of carbonyl (C=O) groups is 1. The van der Waals surface area contributed by atoms with E-state index in [1.165, 1.54) is 5.56 Å². The molecule has 0 bridgehead atoms. The standard InChI is InChI=1S/C20H25BrN2O/c1-15(2)11-17(12-16-7-6-8-18(21)13-16)20(24)23(3)14-19-9-4-5-10-22-19/h4-10,13,15,17H,11-12,14H2,1-3H3/t17-/m1/s1. The Kier molecular flexibility index (Phi) is 6.98. The summed E-state index contributed by atoms with van der Waals surface area (Å²) in [6.45, 7) is 4.88. The van der Waals surface area contributed by atoms with Gasteiger partial charge in [0.1, 0.15) is 0 Å². The van der Waals surface area contributed by atoms with Crippen LogP contribution in [0.4, 0.5) is 0 Å². The molecule has 3 nitrogen and oxygen atoms in total. The Morgan fingerprint density at radius 3 is 2.62 bits per heavy atom. The normalized spacial score (nSPS) is 12.2. The van der Waals surface area contributed by atoms with Gasteiger partial charge in [0.25, 0.3) is 0 Å². The van der Waals surface area contributed by atoms with Crippen LogP contribution in [0.25, 0.3) is 0 Å². The van der Waals surface area contributed by atoms with Crippen molar-refractivity contribution in [1.82, 2.24) is 9.88 Å². The molecule has 1 aromatic heterocycles. The van der Waals surface area contributed by atoms with E-state index in [4.69, 9.17) is 0 Å². The number of carbonyl (C=O) groups excluding carboxylic acids is 1. The minimum Gasteiger partial charge on any atom is -0.340 e. The first kappa shape index (κ1) is 18.7. The molecule has 0 N–H and O–H groups in total. The first-order valence-electron chi connectivity index (χ1n) is 8.35. The maximum Gasteiger partial charge on any atom is 0.226 e. The van der Waals surface area contributed by atoms with E-state index < -0.39 is 0 Å². The lowest BCUT2D eigenvalue weighted by molar-refractivity contribution is -0.135. The van der Waals surface area contributed by atoms with Crippen molar-refractivity contribution in [2.45, 2.75) is 33.2 Å². The van der Waals surface area contributed by atoms with Crippen molar-refractivity contribution in [3.8, 4) is 0 Å². The molecule has 2 aromatic rings. The molecule has 0 saturated heterocycles. The predicted octanol–water partition coefficient (Wildman–Crippen LogP) is 4.71. The highest BCUT2D eigenvalue weighted by molar-refractivity contribution is 9.10. The number of pyridine rings is 1. The first-order valence-corrected chi connectivity index (χ1v) is 9.14. The van der Waals surface area contributed by atoms with Gasteiger partial charge in [-0.2, -0.15) is 0 Å². The highest BCUT2D eigenvalue weighted by Crippen LogP contribution is 2.22. The molecule has 0 fully saturated rings. The van der Waals surface area contributed by atoms with Crippen LogP contribution in [-0.2, 0) is 17.8 Å². The SMILES string of the molecule is CC(C)C[C@H](Cc1cccc(Br)c1)C(=O)N(C)Cc1ccccn1. The van der Waals surface area contributed by atoms with Crippen LogP contribution in [0.5, 0.6) is 0 Å². The molecule has 0 saturated carbocycles. The second-order valence-corrected chi connectivity index (χ2v) is 7.59. The minimum atomic E-state index is -0.00647. The summed E-state index contributed by atoms with van der Waals surface area (Å²) in [7, 11) is 1.87. The molecule has 128 valence electrons. The molecule has 24 heavy (non-hydrogen) atoms. The number of halogens is 1. The predicted molar refractivity (Wildman–Crippen MR) is 102 cm³/mol. The summed E-state index contributed by atoms with van der Waals surface area (Å²) in [5, 5.41) is 0. The number of aromatic nitrogens is 1. The van der Waals surface area contributed by atoms with Gasteiger partial charge in [-0.25, -0.2) is 0 Å². The minimum absolute atomic E-state index is 0.00647. The highest BCUT2D eigenvalue weighted by atomic mass is 79.9. The summed E-state index contributed by atoms with van der Waals surface area (Å²) in [5.41, 5.74) is 2.11. The molecular formula is C20H25BrN2O. The van der Waals surface area contributed by atoms with Gasteiger partial charge in [0.15, 0.2) is 0 Å². The largest absolute Gasteiger partial charge is 0.340 e. The van der Waals surface area contributed by atoms with Gasteiger partial charge >= 0.3 is 0 Å². The molecule has 1 aromatic carbocycles. The Bertz CT molecular complexity index is 658. The molecule has 0 radical (unpaired) electrons. The molecule has 4 heteroatoms. The van der Waals surface area contributed by atoms with Crippen molar-refractivity contribution in [3.63, 3.8) is 0 Å². The van der Waals surface area contributed by atoms with Gasteiger partial charge in [-0.15, -0.1) is 0 Å². The molecule has 1 atom stereocenters. The molecule has 0 aliphatic carbocycles. The molecule has 0 aliphatic heterocycles. The van der Waals surface area contributed by atoms with Crippen molar-refractivity contribution >= 4 is 21.8 Å². The first-order chi connectivity index (χ1) is 11.5. The summed E-state index contributed by atoms with van der Waals surface area (Å²) >= 11 is 3.51.